The number of fused-ring (bicyclic) bond motifs is 1. The zero-order valence-electron chi connectivity index (χ0n) is 11.1. The van der Waals surface area contributed by atoms with Gasteiger partial charge in [-0.3, -0.25) is 4.79 Å². The number of carbonyl (C=O) groups excluding carboxylic acids is 1. The van der Waals surface area contributed by atoms with Crippen molar-refractivity contribution in [3.05, 3.63) is 53.6 Å². The van der Waals surface area contributed by atoms with E-state index in [1.165, 1.54) is 22.7 Å². The van der Waals surface area contributed by atoms with Crippen LogP contribution in [0.15, 0.2) is 46.2 Å². The molecule has 0 aliphatic carbocycles. The van der Waals surface area contributed by atoms with Crippen LogP contribution in [0.1, 0.15) is 11.6 Å². The van der Waals surface area contributed by atoms with E-state index in [4.69, 9.17) is 5.73 Å². The second-order valence-electron chi connectivity index (χ2n) is 4.77. The minimum atomic E-state index is -0.879. The Morgan fingerprint density at radius 1 is 1.10 bits per heavy atom. The standard InChI is InChI=1S/C15H12F2N2OS/c1-19-13-7-9(2-4-10(13)14(18)15(19)20)21-8-3-5-11(16)12(17)6-8/h2-7,14H,18H2,1H3. The second-order valence-corrected chi connectivity index (χ2v) is 5.92. The third kappa shape index (κ3) is 2.41. The van der Waals surface area contributed by atoms with E-state index in [0.717, 1.165) is 28.3 Å². The van der Waals surface area contributed by atoms with E-state index in [9.17, 15) is 13.6 Å². The molecule has 3 nitrogen and oxygen atoms in total. The van der Waals surface area contributed by atoms with Gasteiger partial charge in [0.2, 0.25) is 5.91 Å². The summed E-state index contributed by atoms with van der Waals surface area (Å²) in [4.78, 5) is 14.7. The van der Waals surface area contributed by atoms with Crippen LogP contribution < -0.4 is 10.6 Å². The average molecular weight is 306 g/mol. The third-order valence-electron chi connectivity index (χ3n) is 3.42. The lowest BCUT2D eigenvalue weighted by Crippen LogP contribution is -2.27. The molecule has 2 aromatic carbocycles. The molecule has 1 amide bonds. The Balaban J connectivity index is 1.91. The van der Waals surface area contributed by atoms with E-state index in [1.807, 2.05) is 12.1 Å². The number of carbonyl (C=O) groups is 1. The summed E-state index contributed by atoms with van der Waals surface area (Å²) in [7, 11) is 1.67. The van der Waals surface area contributed by atoms with Crippen LogP contribution in [0.4, 0.5) is 14.5 Å². The molecule has 0 spiro atoms. The first-order chi connectivity index (χ1) is 9.97. The van der Waals surface area contributed by atoms with E-state index in [0.29, 0.717) is 4.90 Å². The fraction of sp³-hybridized carbons (Fsp3) is 0.133. The maximum absolute atomic E-state index is 13.2. The maximum Gasteiger partial charge on any atom is 0.248 e. The highest BCUT2D eigenvalue weighted by Crippen LogP contribution is 2.38. The molecular formula is C15H12F2N2OS. The summed E-state index contributed by atoms with van der Waals surface area (Å²) in [6.07, 6.45) is 0. The number of hydrogen-bond acceptors (Lipinski definition) is 3. The van der Waals surface area contributed by atoms with E-state index in [2.05, 4.69) is 0 Å². The molecule has 0 saturated carbocycles. The number of likely N-dealkylation sites (N-methyl/N-ethyl adjacent to an activating group) is 1. The summed E-state index contributed by atoms with van der Waals surface area (Å²) in [5.74, 6) is -1.90. The molecule has 0 aromatic heterocycles. The summed E-state index contributed by atoms with van der Waals surface area (Å²) in [6, 6.07) is 8.56. The van der Waals surface area contributed by atoms with Gasteiger partial charge in [-0.25, -0.2) is 8.78 Å². The summed E-state index contributed by atoms with van der Waals surface area (Å²) in [6.45, 7) is 0. The fourth-order valence-corrected chi connectivity index (χ4v) is 3.15. The average Bonchev–Trinajstić information content (AvgIpc) is 2.68. The van der Waals surface area contributed by atoms with Crippen molar-refractivity contribution in [3.8, 4) is 0 Å². The van der Waals surface area contributed by atoms with Crippen molar-refractivity contribution in [1.82, 2.24) is 0 Å². The molecule has 21 heavy (non-hydrogen) atoms. The highest BCUT2D eigenvalue weighted by molar-refractivity contribution is 7.99. The number of nitrogens with two attached hydrogens (primary N) is 1. The molecule has 1 aliphatic rings. The maximum atomic E-state index is 13.2. The van der Waals surface area contributed by atoms with Gasteiger partial charge in [-0.1, -0.05) is 17.8 Å². The molecule has 0 saturated heterocycles. The molecule has 2 aromatic rings. The predicted octanol–water partition coefficient (Wildman–Crippen LogP) is 3.09. The Kier molecular flexibility index (Phi) is 3.43. The Morgan fingerprint density at radius 3 is 2.48 bits per heavy atom. The van der Waals surface area contributed by atoms with E-state index >= 15 is 0 Å². The van der Waals surface area contributed by atoms with Crippen LogP contribution in [0.25, 0.3) is 0 Å². The van der Waals surface area contributed by atoms with Gasteiger partial charge in [-0.05, 0) is 30.3 Å². The molecule has 108 valence electrons. The first kappa shape index (κ1) is 14.0. The van der Waals surface area contributed by atoms with Crippen LogP contribution in [0.5, 0.6) is 0 Å². The number of halogens is 2. The van der Waals surface area contributed by atoms with Gasteiger partial charge in [0.1, 0.15) is 6.04 Å². The summed E-state index contributed by atoms with van der Waals surface area (Å²) >= 11 is 1.30. The normalized spacial score (nSPS) is 17.2. The molecule has 3 rings (SSSR count). The molecule has 0 radical (unpaired) electrons. The molecule has 1 heterocycles. The lowest BCUT2D eigenvalue weighted by molar-refractivity contribution is -0.118. The lowest BCUT2D eigenvalue weighted by atomic mass is 10.1. The van der Waals surface area contributed by atoms with Crippen LogP contribution in [0.2, 0.25) is 0 Å². The molecule has 1 atom stereocenters. The molecule has 6 heteroatoms. The highest BCUT2D eigenvalue weighted by atomic mass is 32.2. The number of rotatable bonds is 2. The number of anilines is 1. The summed E-state index contributed by atoms with van der Waals surface area (Å²) in [5.41, 5.74) is 7.36. The Bertz CT molecular complexity index is 736. The first-order valence-corrected chi connectivity index (χ1v) is 7.09. The SMILES string of the molecule is CN1C(=O)C(N)c2ccc(Sc3ccc(F)c(F)c3)cc21. The highest BCUT2D eigenvalue weighted by Gasteiger charge is 2.32. The molecule has 0 bridgehead atoms. The number of nitrogens with zero attached hydrogens (tertiary/aromatic N) is 1. The molecular weight excluding hydrogens is 294 g/mol. The lowest BCUT2D eigenvalue weighted by Gasteiger charge is -2.11. The van der Waals surface area contributed by atoms with E-state index in [-0.39, 0.29) is 5.91 Å². The molecule has 1 unspecified atom stereocenters. The quantitative estimate of drug-likeness (QED) is 0.927. The Hall–Kier alpha value is -1.92. The number of benzene rings is 2. The molecule has 1 aliphatic heterocycles. The van der Waals surface area contributed by atoms with Gasteiger partial charge >= 0.3 is 0 Å². The minimum absolute atomic E-state index is 0.153. The van der Waals surface area contributed by atoms with E-state index in [1.54, 1.807) is 13.1 Å². The second kappa shape index (κ2) is 5.13. The van der Waals surface area contributed by atoms with Crippen molar-refractivity contribution < 1.29 is 13.6 Å². The van der Waals surface area contributed by atoms with Crippen molar-refractivity contribution in [3.63, 3.8) is 0 Å². The molecule has 2 N–H and O–H groups in total. The summed E-state index contributed by atoms with van der Waals surface area (Å²) in [5, 5.41) is 0. The van der Waals surface area contributed by atoms with Crippen molar-refractivity contribution in [2.75, 3.05) is 11.9 Å². The Morgan fingerprint density at radius 2 is 1.76 bits per heavy atom. The van der Waals surface area contributed by atoms with Crippen LogP contribution in [0, 0.1) is 11.6 Å². The summed E-state index contributed by atoms with van der Waals surface area (Å²) < 4.78 is 26.1. The number of amides is 1. The van der Waals surface area contributed by atoms with Crippen LogP contribution >= 0.6 is 11.8 Å². The van der Waals surface area contributed by atoms with Crippen molar-refractivity contribution >= 4 is 23.4 Å². The fourth-order valence-electron chi connectivity index (χ4n) is 2.28. The topological polar surface area (TPSA) is 46.3 Å². The van der Waals surface area contributed by atoms with Crippen LogP contribution in [-0.4, -0.2) is 13.0 Å². The van der Waals surface area contributed by atoms with Gasteiger partial charge in [0, 0.05) is 28.1 Å². The monoisotopic (exact) mass is 306 g/mol. The van der Waals surface area contributed by atoms with Gasteiger partial charge in [0.05, 0.1) is 0 Å². The third-order valence-corrected chi connectivity index (χ3v) is 4.40. The minimum Gasteiger partial charge on any atom is -0.316 e. The zero-order chi connectivity index (χ0) is 15.1. The van der Waals surface area contributed by atoms with Gasteiger partial charge in [0.25, 0.3) is 0 Å². The van der Waals surface area contributed by atoms with E-state index < -0.39 is 17.7 Å². The zero-order valence-corrected chi connectivity index (χ0v) is 12.0. The van der Waals surface area contributed by atoms with Gasteiger partial charge in [-0.2, -0.15) is 0 Å². The van der Waals surface area contributed by atoms with Crippen molar-refractivity contribution in [2.45, 2.75) is 15.8 Å². The van der Waals surface area contributed by atoms with Crippen molar-refractivity contribution in [1.29, 1.82) is 0 Å². The first-order valence-electron chi connectivity index (χ1n) is 6.27. The van der Waals surface area contributed by atoms with Gasteiger partial charge < -0.3 is 10.6 Å². The van der Waals surface area contributed by atoms with Gasteiger partial charge in [-0.15, -0.1) is 0 Å². The van der Waals surface area contributed by atoms with Crippen molar-refractivity contribution in [2.24, 2.45) is 5.73 Å². The van der Waals surface area contributed by atoms with Crippen LogP contribution in [0.3, 0.4) is 0 Å². The molecule has 0 fully saturated rings. The van der Waals surface area contributed by atoms with Crippen LogP contribution in [-0.2, 0) is 4.79 Å². The smallest absolute Gasteiger partial charge is 0.248 e. The van der Waals surface area contributed by atoms with Gasteiger partial charge in [0.15, 0.2) is 11.6 Å². The number of hydrogen-bond donors (Lipinski definition) is 1. The predicted molar refractivity (Wildman–Crippen MR) is 77.3 cm³/mol. The largest absolute Gasteiger partial charge is 0.316 e. The Labute approximate surface area is 124 Å².